The van der Waals surface area contributed by atoms with Gasteiger partial charge in [-0.1, -0.05) is 29.8 Å². The summed E-state index contributed by atoms with van der Waals surface area (Å²) in [5.74, 6) is -0.781. The van der Waals surface area contributed by atoms with E-state index in [0.717, 1.165) is 25.7 Å². The Balaban J connectivity index is 1.18. The Morgan fingerprint density at radius 1 is 0.929 bits per heavy atom. The van der Waals surface area contributed by atoms with Crippen molar-refractivity contribution in [3.05, 3.63) is 82.6 Å². The van der Waals surface area contributed by atoms with Crippen LogP contribution in [0, 0.1) is 17.1 Å². The average molecular weight is 586 g/mol. The number of rotatable bonds is 6. The standard InChI is InChI=1S/C33H33ClFN5O2/c1-2-39-32(42)40(30-10-7-25(20-29(30)34)26-17-24(21-36)18-27(35)19-26)31(41)33(39)11-15-37(16-12-33)22-23-5-8-28(9-6-23)38-13-3-4-14-38/h5-10,17-20H,2-4,11-16,22H2,1H3. The van der Waals surface area contributed by atoms with Gasteiger partial charge in [0.15, 0.2) is 0 Å². The Hall–Kier alpha value is -3.93. The summed E-state index contributed by atoms with van der Waals surface area (Å²) in [5.41, 5.74) is 3.19. The van der Waals surface area contributed by atoms with Crippen molar-refractivity contribution in [3.63, 3.8) is 0 Å². The molecule has 3 aromatic carbocycles. The molecule has 0 N–H and O–H groups in total. The molecule has 0 atom stereocenters. The van der Waals surface area contributed by atoms with E-state index in [0.29, 0.717) is 49.3 Å². The van der Waals surface area contributed by atoms with Gasteiger partial charge in [0.05, 0.1) is 22.3 Å². The number of anilines is 2. The first kappa shape index (κ1) is 28.2. The van der Waals surface area contributed by atoms with E-state index >= 15 is 0 Å². The summed E-state index contributed by atoms with van der Waals surface area (Å²) in [7, 11) is 0. The van der Waals surface area contributed by atoms with Crippen LogP contribution in [0.25, 0.3) is 11.1 Å². The molecule has 0 saturated carbocycles. The van der Waals surface area contributed by atoms with Gasteiger partial charge in [0.2, 0.25) is 0 Å². The van der Waals surface area contributed by atoms with E-state index < -0.39 is 11.4 Å². The molecule has 0 radical (unpaired) electrons. The quantitative estimate of drug-likeness (QED) is 0.311. The van der Waals surface area contributed by atoms with E-state index in [-0.39, 0.29) is 22.5 Å². The Morgan fingerprint density at radius 2 is 1.64 bits per heavy atom. The maximum atomic E-state index is 14.0. The SMILES string of the molecule is CCN1C(=O)N(c2ccc(-c3cc(F)cc(C#N)c3)cc2Cl)C(=O)C12CCN(Cc1ccc(N3CCCC3)cc1)CC2. The number of likely N-dealkylation sites (N-methyl/N-ethyl adjacent to an activating group) is 1. The molecule has 3 aliphatic heterocycles. The second-order valence-electron chi connectivity index (χ2n) is 11.3. The summed E-state index contributed by atoms with van der Waals surface area (Å²) in [6, 6.07) is 19.3. The number of carbonyl (C=O) groups is 2. The number of nitriles is 1. The molecule has 42 heavy (non-hydrogen) atoms. The normalized spacial score (nSPS) is 18.8. The second-order valence-corrected chi connectivity index (χ2v) is 11.7. The fraction of sp³-hybridized carbons (Fsp3) is 0.364. The monoisotopic (exact) mass is 585 g/mol. The van der Waals surface area contributed by atoms with Crippen LogP contribution >= 0.6 is 11.6 Å². The van der Waals surface area contributed by atoms with Gasteiger partial charge in [-0.2, -0.15) is 5.26 Å². The van der Waals surface area contributed by atoms with Crippen molar-refractivity contribution in [2.75, 3.05) is 42.5 Å². The van der Waals surface area contributed by atoms with Crippen molar-refractivity contribution in [2.24, 2.45) is 0 Å². The lowest BCUT2D eigenvalue weighted by molar-refractivity contribution is -0.127. The third-order valence-corrected chi connectivity index (χ3v) is 9.20. The predicted molar refractivity (Wildman–Crippen MR) is 162 cm³/mol. The topological polar surface area (TPSA) is 70.9 Å². The number of urea groups is 1. The molecule has 1 spiro atoms. The average Bonchev–Trinajstić information content (AvgIpc) is 3.60. The zero-order valence-corrected chi connectivity index (χ0v) is 24.4. The van der Waals surface area contributed by atoms with Gasteiger partial charge in [0, 0.05) is 45.0 Å². The Bertz CT molecular complexity index is 1560. The number of imide groups is 1. The first-order valence-corrected chi connectivity index (χ1v) is 14.9. The van der Waals surface area contributed by atoms with Crippen LogP contribution < -0.4 is 9.80 Å². The van der Waals surface area contributed by atoms with Crippen LogP contribution in [0.5, 0.6) is 0 Å². The first-order valence-electron chi connectivity index (χ1n) is 14.6. The van der Waals surface area contributed by atoms with Gasteiger partial charge in [-0.15, -0.1) is 0 Å². The molecule has 216 valence electrons. The number of piperidine rings is 1. The first-order chi connectivity index (χ1) is 20.3. The fourth-order valence-electron chi connectivity index (χ4n) is 6.66. The molecule has 6 rings (SSSR count). The van der Waals surface area contributed by atoms with Crippen LogP contribution in [0.1, 0.15) is 43.7 Å². The van der Waals surface area contributed by atoms with E-state index in [2.05, 4.69) is 34.1 Å². The lowest BCUT2D eigenvalue weighted by atomic mass is 9.85. The molecule has 0 unspecified atom stereocenters. The number of amides is 3. The number of halogens is 2. The van der Waals surface area contributed by atoms with Gasteiger partial charge in [-0.05, 0) is 91.8 Å². The van der Waals surface area contributed by atoms with Crippen molar-refractivity contribution < 1.29 is 14.0 Å². The minimum absolute atomic E-state index is 0.195. The van der Waals surface area contributed by atoms with Gasteiger partial charge >= 0.3 is 6.03 Å². The minimum atomic E-state index is -0.909. The highest BCUT2D eigenvalue weighted by atomic mass is 35.5. The molecule has 3 amide bonds. The highest BCUT2D eigenvalue weighted by molar-refractivity contribution is 6.36. The summed E-state index contributed by atoms with van der Waals surface area (Å²) in [4.78, 5) is 35.3. The lowest BCUT2D eigenvalue weighted by Gasteiger charge is -2.41. The Kier molecular flexibility index (Phi) is 7.65. The zero-order valence-electron chi connectivity index (χ0n) is 23.7. The molecule has 0 aliphatic carbocycles. The third kappa shape index (κ3) is 5.01. The molecule has 3 saturated heterocycles. The van der Waals surface area contributed by atoms with Gasteiger partial charge < -0.3 is 9.80 Å². The van der Waals surface area contributed by atoms with E-state index in [1.165, 1.54) is 35.1 Å². The second kappa shape index (κ2) is 11.4. The van der Waals surface area contributed by atoms with Crippen LogP contribution in [-0.2, 0) is 11.3 Å². The van der Waals surface area contributed by atoms with E-state index in [9.17, 15) is 19.2 Å². The molecule has 3 fully saturated rings. The number of likely N-dealkylation sites (tertiary alicyclic amines) is 1. The maximum Gasteiger partial charge on any atom is 0.332 e. The largest absolute Gasteiger partial charge is 0.372 e. The minimum Gasteiger partial charge on any atom is -0.372 e. The third-order valence-electron chi connectivity index (χ3n) is 8.90. The fourth-order valence-corrected chi connectivity index (χ4v) is 6.93. The van der Waals surface area contributed by atoms with Crippen LogP contribution in [0.15, 0.2) is 60.7 Å². The number of hydrogen-bond acceptors (Lipinski definition) is 5. The van der Waals surface area contributed by atoms with Crippen LogP contribution in [0.4, 0.5) is 20.6 Å². The molecular formula is C33H33ClFN5O2. The molecule has 0 aromatic heterocycles. The zero-order chi connectivity index (χ0) is 29.4. The Morgan fingerprint density at radius 3 is 2.29 bits per heavy atom. The van der Waals surface area contributed by atoms with Crippen LogP contribution in [0.3, 0.4) is 0 Å². The van der Waals surface area contributed by atoms with Gasteiger partial charge in [-0.3, -0.25) is 9.69 Å². The van der Waals surface area contributed by atoms with E-state index in [4.69, 9.17) is 11.6 Å². The van der Waals surface area contributed by atoms with Crippen LogP contribution in [0.2, 0.25) is 5.02 Å². The molecular weight excluding hydrogens is 553 g/mol. The smallest absolute Gasteiger partial charge is 0.332 e. The summed E-state index contributed by atoms with van der Waals surface area (Å²) in [6.07, 6.45) is 3.59. The predicted octanol–water partition coefficient (Wildman–Crippen LogP) is 6.44. The number of carbonyl (C=O) groups excluding carboxylic acids is 2. The maximum absolute atomic E-state index is 14.0. The van der Waals surface area contributed by atoms with Crippen molar-refractivity contribution in [2.45, 2.75) is 44.7 Å². The number of benzene rings is 3. The highest BCUT2D eigenvalue weighted by Gasteiger charge is 2.58. The number of nitrogens with zero attached hydrogens (tertiary/aromatic N) is 5. The van der Waals surface area contributed by atoms with Gasteiger partial charge in [0.1, 0.15) is 11.4 Å². The van der Waals surface area contributed by atoms with Crippen molar-refractivity contribution in [3.8, 4) is 17.2 Å². The van der Waals surface area contributed by atoms with Crippen molar-refractivity contribution >= 4 is 34.9 Å². The van der Waals surface area contributed by atoms with E-state index in [1.807, 2.05) is 13.0 Å². The summed E-state index contributed by atoms with van der Waals surface area (Å²) in [6.45, 7) is 6.75. The van der Waals surface area contributed by atoms with Gasteiger partial charge in [0.25, 0.3) is 5.91 Å². The Labute approximate surface area is 250 Å². The van der Waals surface area contributed by atoms with Crippen molar-refractivity contribution in [1.29, 1.82) is 5.26 Å². The summed E-state index contributed by atoms with van der Waals surface area (Å²) >= 11 is 6.65. The molecule has 9 heteroatoms. The number of hydrogen-bond donors (Lipinski definition) is 0. The van der Waals surface area contributed by atoms with Gasteiger partial charge in [-0.25, -0.2) is 14.1 Å². The summed E-state index contributed by atoms with van der Waals surface area (Å²) < 4.78 is 14.0. The molecule has 7 nitrogen and oxygen atoms in total. The lowest BCUT2D eigenvalue weighted by Crippen LogP contribution is -2.56. The van der Waals surface area contributed by atoms with Crippen LogP contribution in [-0.4, -0.2) is 60.0 Å². The van der Waals surface area contributed by atoms with E-state index in [1.54, 1.807) is 29.2 Å². The molecule has 3 heterocycles. The molecule has 3 aromatic rings. The highest BCUT2D eigenvalue weighted by Crippen LogP contribution is 2.42. The molecule has 0 bridgehead atoms. The van der Waals surface area contributed by atoms with Crippen molar-refractivity contribution in [1.82, 2.24) is 9.80 Å². The summed E-state index contributed by atoms with van der Waals surface area (Å²) in [5, 5.41) is 9.42. The molecule has 3 aliphatic rings.